The number of carboxylic acid groups (broad SMARTS) is 1. The molecule has 1 atom stereocenters. The Bertz CT molecular complexity index is 273. The van der Waals surface area contributed by atoms with E-state index in [1.165, 1.54) is 11.9 Å². The Hall–Kier alpha value is -1.30. The fourth-order valence-electron chi connectivity index (χ4n) is 1.56. The molecule has 0 aromatic heterocycles. The van der Waals surface area contributed by atoms with E-state index in [0.717, 1.165) is 6.42 Å². The van der Waals surface area contributed by atoms with Crippen LogP contribution in [0.15, 0.2) is 0 Å². The van der Waals surface area contributed by atoms with Gasteiger partial charge in [-0.15, -0.1) is 0 Å². The molecule has 0 radical (unpaired) electrons. The Labute approximate surface area is 102 Å². The summed E-state index contributed by atoms with van der Waals surface area (Å²) in [6.07, 6.45) is 0.692. The summed E-state index contributed by atoms with van der Waals surface area (Å²) in [5.74, 6) is -0.960. The van der Waals surface area contributed by atoms with E-state index in [1.54, 1.807) is 20.8 Å². The number of nitrogens with two attached hydrogens (primary N) is 1. The first-order valence-corrected chi connectivity index (χ1v) is 5.61. The molecule has 0 unspecified atom stereocenters. The van der Waals surface area contributed by atoms with Crippen LogP contribution in [0.5, 0.6) is 0 Å². The molecule has 1 amide bonds. The number of nitrogens with zero attached hydrogens (tertiary/aromatic N) is 1. The standard InChI is InChI=1S/C10H17NO4.CH5N/c1-10(2,3)15-9(14)11-6-4-5-7(11)8(12)13;1-2/h7H,4-6H2,1-3H3,(H,12,13);2H2,1H3/t7-;/m0./s1. The van der Waals surface area contributed by atoms with Crippen molar-refractivity contribution in [3.8, 4) is 0 Å². The molecule has 0 aliphatic carbocycles. The highest BCUT2D eigenvalue weighted by Gasteiger charge is 2.36. The van der Waals surface area contributed by atoms with Crippen molar-refractivity contribution in [1.82, 2.24) is 4.90 Å². The van der Waals surface area contributed by atoms with Gasteiger partial charge >= 0.3 is 12.1 Å². The maximum absolute atomic E-state index is 11.6. The van der Waals surface area contributed by atoms with Crippen LogP contribution in [0, 0.1) is 0 Å². The predicted molar refractivity (Wildman–Crippen MR) is 63.7 cm³/mol. The van der Waals surface area contributed by atoms with Gasteiger partial charge in [0.05, 0.1) is 0 Å². The maximum atomic E-state index is 11.6. The third-order valence-corrected chi connectivity index (χ3v) is 2.17. The molecular weight excluding hydrogens is 224 g/mol. The van der Waals surface area contributed by atoms with E-state index in [2.05, 4.69) is 5.73 Å². The number of ether oxygens (including phenoxy) is 1. The first-order chi connectivity index (χ1) is 7.81. The minimum atomic E-state index is -0.960. The third kappa shape index (κ3) is 5.04. The summed E-state index contributed by atoms with van der Waals surface area (Å²) in [5, 5.41) is 8.88. The normalized spacial score (nSPS) is 19.4. The first kappa shape index (κ1) is 15.7. The number of rotatable bonds is 1. The first-order valence-electron chi connectivity index (χ1n) is 5.61. The molecule has 0 bridgehead atoms. The van der Waals surface area contributed by atoms with Gasteiger partial charge < -0.3 is 15.6 Å². The van der Waals surface area contributed by atoms with Gasteiger partial charge in [0.25, 0.3) is 0 Å². The Balaban J connectivity index is 0.00000121. The highest BCUT2D eigenvalue weighted by atomic mass is 16.6. The molecule has 1 saturated heterocycles. The molecule has 0 spiro atoms. The summed E-state index contributed by atoms with van der Waals surface area (Å²) in [6.45, 7) is 5.75. The van der Waals surface area contributed by atoms with E-state index < -0.39 is 23.7 Å². The number of amides is 1. The van der Waals surface area contributed by atoms with Gasteiger partial charge in [0, 0.05) is 6.54 Å². The summed E-state index contributed by atoms with van der Waals surface area (Å²) < 4.78 is 5.13. The molecule has 1 aliphatic rings. The molecule has 3 N–H and O–H groups in total. The van der Waals surface area contributed by atoms with Crippen molar-refractivity contribution in [2.75, 3.05) is 13.6 Å². The van der Waals surface area contributed by atoms with E-state index in [-0.39, 0.29) is 0 Å². The lowest BCUT2D eigenvalue weighted by atomic mass is 10.2. The van der Waals surface area contributed by atoms with Crippen LogP contribution in [0.2, 0.25) is 0 Å². The highest BCUT2D eigenvalue weighted by molar-refractivity contribution is 5.80. The third-order valence-electron chi connectivity index (χ3n) is 2.17. The molecular formula is C11H22N2O4. The van der Waals surface area contributed by atoms with Crippen molar-refractivity contribution in [3.63, 3.8) is 0 Å². The zero-order valence-electron chi connectivity index (χ0n) is 10.9. The number of hydrogen-bond acceptors (Lipinski definition) is 4. The van der Waals surface area contributed by atoms with Crippen molar-refractivity contribution >= 4 is 12.1 Å². The van der Waals surface area contributed by atoms with E-state index in [1.807, 2.05) is 0 Å². The van der Waals surface area contributed by atoms with E-state index in [4.69, 9.17) is 9.84 Å². The van der Waals surface area contributed by atoms with Gasteiger partial charge in [-0.3, -0.25) is 4.90 Å². The Morgan fingerprint density at radius 1 is 1.35 bits per heavy atom. The van der Waals surface area contributed by atoms with Crippen molar-refractivity contribution in [2.45, 2.75) is 45.3 Å². The molecule has 1 aliphatic heterocycles. The molecule has 6 nitrogen and oxygen atoms in total. The summed E-state index contributed by atoms with van der Waals surface area (Å²) >= 11 is 0. The van der Waals surface area contributed by atoms with Crippen LogP contribution in [0.25, 0.3) is 0 Å². The van der Waals surface area contributed by atoms with Crippen LogP contribution in [0.4, 0.5) is 4.79 Å². The second-order valence-electron chi connectivity index (χ2n) is 4.67. The second kappa shape index (κ2) is 6.44. The molecule has 1 fully saturated rings. The van der Waals surface area contributed by atoms with Crippen molar-refractivity contribution in [3.05, 3.63) is 0 Å². The lowest BCUT2D eigenvalue weighted by Crippen LogP contribution is -2.43. The lowest BCUT2D eigenvalue weighted by molar-refractivity contribution is -0.142. The molecule has 6 heteroatoms. The fraction of sp³-hybridized carbons (Fsp3) is 0.818. The Morgan fingerprint density at radius 2 is 1.88 bits per heavy atom. The summed E-state index contributed by atoms with van der Waals surface area (Å²) in [4.78, 5) is 23.7. The van der Waals surface area contributed by atoms with Crippen molar-refractivity contribution in [2.24, 2.45) is 5.73 Å². The van der Waals surface area contributed by atoms with Crippen LogP contribution < -0.4 is 5.73 Å². The van der Waals surface area contributed by atoms with Crippen LogP contribution in [-0.4, -0.2) is 47.3 Å². The zero-order valence-corrected chi connectivity index (χ0v) is 10.9. The van der Waals surface area contributed by atoms with Gasteiger partial charge in [0.1, 0.15) is 11.6 Å². The molecule has 1 rings (SSSR count). The minimum Gasteiger partial charge on any atom is -0.480 e. The number of aliphatic carboxylic acids is 1. The second-order valence-corrected chi connectivity index (χ2v) is 4.67. The Morgan fingerprint density at radius 3 is 2.29 bits per heavy atom. The fourth-order valence-corrected chi connectivity index (χ4v) is 1.56. The van der Waals surface area contributed by atoms with Gasteiger partial charge in [-0.1, -0.05) is 0 Å². The zero-order chi connectivity index (χ0) is 13.6. The Kier molecular flexibility index (Phi) is 5.95. The smallest absolute Gasteiger partial charge is 0.411 e. The van der Waals surface area contributed by atoms with Gasteiger partial charge in [-0.05, 0) is 40.7 Å². The van der Waals surface area contributed by atoms with Crippen molar-refractivity contribution in [1.29, 1.82) is 0 Å². The minimum absolute atomic E-state index is 0.464. The molecule has 1 heterocycles. The summed E-state index contributed by atoms with van der Waals surface area (Å²) in [6, 6.07) is -0.722. The van der Waals surface area contributed by atoms with E-state index in [9.17, 15) is 9.59 Å². The molecule has 100 valence electrons. The predicted octanol–water partition coefficient (Wildman–Crippen LogP) is 1.05. The topological polar surface area (TPSA) is 92.9 Å². The maximum Gasteiger partial charge on any atom is 0.411 e. The molecule has 0 aromatic carbocycles. The summed E-state index contributed by atoms with van der Waals surface area (Å²) in [7, 11) is 1.50. The van der Waals surface area contributed by atoms with Crippen LogP contribution in [0.3, 0.4) is 0 Å². The lowest BCUT2D eigenvalue weighted by Gasteiger charge is -2.26. The highest BCUT2D eigenvalue weighted by Crippen LogP contribution is 2.20. The van der Waals surface area contributed by atoms with Crippen LogP contribution >= 0.6 is 0 Å². The van der Waals surface area contributed by atoms with E-state index >= 15 is 0 Å². The average Bonchev–Trinajstić information content (AvgIpc) is 2.66. The monoisotopic (exact) mass is 246 g/mol. The molecule has 0 saturated carbocycles. The van der Waals surface area contributed by atoms with Gasteiger partial charge in [-0.25, -0.2) is 9.59 Å². The van der Waals surface area contributed by atoms with Crippen molar-refractivity contribution < 1.29 is 19.4 Å². The summed E-state index contributed by atoms with van der Waals surface area (Å²) in [5.41, 5.74) is 3.92. The number of hydrogen-bond donors (Lipinski definition) is 2. The number of carbonyl (C=O) groups excluding carboxylic acids is 1. The van der Waals surface area contributed by atoms with Gasteiger partial charge in [0.15, 0.2) is 0 Å². The molecule has 17 heavy (non-hydrogen) atoms. The van der Waals surface area contributed by atoms with E-state index in [0.29, 0.717) is 13.0 Å². The molecule has 0 aromatic rings. The SMILES string of the molecule is CC(C)(C)OC(=O)N1CCC[C@H]1C(=O)O.CN. The van der Waals surface area contributed by atoms with Gasteiger partial charge in [0.2, 0.25) is 0 Å². The number of carboxylic acids is 1. The van der Waals surface area contributed by atoms with Crippen LogP contribution in [-0.2, 0) is 9.53 Å². The van der Waals surface area contributed by atoms with Gasteiger partial charge in [-0.2, -0.15) is 0 Å². The quantitative estimate of drug-likeness (QED) is 0.721. The average molecular weight is 246 g/mol. The number of likely N-dealkylation sites (tertiary alicyclic amines) is 1. The largest absolute Gasteiger partial charge is 0.480 e. The number of carbonyl (C=O) groups is 2. The van der Waals surface area contributed by atoms with Crippen LogP contribution in [0.1, 0.15) is 33.6 Å².